The number of hydrogen-bond donors (Lipinski definition) is 3. The molecule has 2 amide bonds. The molecule has 0 fully saturated rings. The van der Waals surface area contributed by atoms with Gasteiger partial charge in [-0.3, -0.25) is 0 Å². The van der Waals surface area contributed by atoms with Gasteiger partial charge >= 0.3 is 6.03 Å². The maximum absolute atomic E-state index is 13.2. The third kappa shape index (κ3) is 4.01. The van der Waals surface area contributed by atoms with Gasteiger partial charge in [-0.25, -0.2) is 18.7 Å². The van der Waals surface area contributed by atoms with Crippen LogP contribution in [0.15, 0.2) is 30.3 Å². The van der Waals surface area contributed by atoms with Gasteiger partial charge in [0.15, 0.2) is 5.82 Å². The van der Waals surface area contributed by atoms with Gasteiger partial charge in [-0.2, -0.15) is 0 Å². The lowest BCUT2D eigenvalue weighted by molar-refractivity contribution is 0.262. The first-order valence-electron chi connectivity index (χ1n) is 6.69. The Bertz CT molecular complexity index is 915. The highest BCUT2D eigenvalue weighted by atomic mass is 35.5. The molecule has 1 aromatic heterocycles. The number of tetrazole rings is 1. The van der Waals surface area contributed by atoms with Crippen LogP contribution in [0.2, 0.25) is 10.0 Å². The van der Waals surface area contributed by atoms with Gasteiger partial charge in [-0.1, -0.05) is 23.2 Å². The van der Waals surface area contributed by atoms with E-state index >= 15 is 0 Å². The minimum atomic E-state index is -0.826. The predicted molar refractivity (Wildman–Crippen MR) is 88.6 cm³/mol. The Morgan fingerprint density at radius 2 is 1.76 bits per heavy atom. The third-order valence-electron chi connectivity index (χ3n) is 3.01. The Kier molecular flexibility index (Phi) is 4.77. The molecule has 3 aromatic rings. The summed E-state index contributed by atoms with van der Waals surface area (Å²) in [5, 5.41) is 18.4. The van der Waals surface area contributed by atoms with Crippen LogP contribution in [0.3, 0.4) is 0 Å². The van der Waals surface area contributed by atoms with Crippen LogP contribution in [-0.2, 0) is 0 Å². The number of carbonyl (C=O) groups is 1. The van der Waals surface area contributed by atoms with Crippen molar-refractivity contribution in [2.45, 2.75) is 0 Å². The second-order valence-electron chi connectivity index (χ2n) is 4.80. The van der Waals surface area contributed by atoms with Crippen molar-refractivity contribution in [3.8, 4) is 11.4 Å². The SMILES string of the molecule is O=C(Nc1cc(F)cc(F)c1)Nc1c(Cl)cc(Cl)cc1-c1nnn[nH]1. The van der Waals surface area contributed by atoms with Crippen LogP contribution in [0, 0.1) is 11.6 Å². The van der Waals surface area contributed by atoms with Crippen LogP contribution in [0.25, 0.3) is 11.4 Å². The van der Waals surface area contributed by atoms with Crippen molar-refractivity contribution in [2.75, 3.05) is 10.6 Å². The number of carbonyl (C=O) groups excluding carboxylic acids is 1. The lowest BCUT2D eigenvalue weighted by Gasteiger charge is -2.13. The molecule has 7 nitrogen and oxygen atoms in total. The first-order valence-corrected chi connectivity index (χ1v) is 7.45. The van der Waals surface area contributed by atoms with Crippen molar-refractivity contribution in [2.24, 2.45) is 0 Å². The van der Waals surface area contributed by atoms with Gasteiger partial charge in [0.25, 0.3) is 0 Å². The molecule has 0 aliphatic rings. The molecule has 3 N–H and O–H groups in total. The number of aromatic nitrogens is 4. The van der Waals surface area contributed by atoms with Crippen molar-refractivity contribution in [3.63, 3.8) is 0 Å². The van der Waals surface area contributed by atoms with E-state index in [-0.39, 0.29) is 22.2 Å². The zero-order valence-electron chi connectivity index (χ0n) is 12.1. The summed E-state index contributed by atoms with van der Waals surface area (Å²) in [5.74, 6) is -1.43. The van der Waals surface area contributed by atoms with Crippen LogP contribution in [-0.4, -0.2) is 26.7 Å². The first kappa shape index (κ1) is 17.1. The monoisotopic (exact) mass is 384 g/mol. The zero-order valence-corrected chi connectivity index (χ0v) is 13.7. The molecule has 0 atom stereocenters. The van der Waals surface area contributed by atoms with Gasteiger partial charge in [0, 0.05) is 22.3 Å². The van der Waals surface area contributed by atoms with E-state index in [4.69, 9.17) is 23.2 Å². The largest absolute Gasteiger partial charge is 0.323 e. The number of H-pyrrole nitrogens is 1. The summed E-state index contributed by atoms with van der Waals surface area (Å²) in [4.78, 5) is 12.1. The number of anilines is 2. The van der Waals surface area contributed by atoms with Gasteiger partial charge in [-0.15, -0.1) is 5.10 Å². The Morgan fingerprint density at radius 3 is 2.40 bits per heavy atom. The Morgan fingerprint density at radius 1 is 1.04 bits per heavy atom. The second kappa shape index (κ2) is 6.99. The van der Waals surface area contributed by atoms with E-state index in [2.05, 4.69) is 31.3 Å². The number of nitrogens with one attached hydrogen (secondary N) is 3. The van der Waals surface area contributed by atoms with Crippen molar-refractivity contribution in [1.82, 2.24) is 20.6 Å². The molecule has 11 heteroatoms. The molecule has 0 bridgehead atoms. The number of nitrogens with zero attached hydrogens (tertiary/aromatic N) is 3. The number of aromatic amines is 1. The number of benzene rings is 2. The van der Waals surface area contributed by atoms with Crippen LogP contribution in [0.1, 0.15) is 0 Å². The zero-order chi connectivity index (χ0) is 18.0. The number of amides is 2. The summed E-state index contributed by atoms with van der Waals surface area (Å²) in [6, 6.07) is 4.75. The Balaban J connectivity index is 1.88. The van der Waals surface area contributed by atoms with Gasteiger partial charge in [0.05, 0.1) is 10.7 Å². The van der Waals surface area contributed by atoms with Gasteiger partial charge in [-0.05, 0) is 34.7 Å². The highest BCUT2D eigenvalue weighted by Gasteiger charge is 2.16. The minimum absolute atomic E-state index is 0.0667. The quantitative estimate of drug-likeness (QED) is 0.633. The van der Waals surface area contributed by atoms with E-state index in [0.717, 1.165) is 12.1 Å². The average Bonchev–Trinajstić information content (AvgIpc) is 3.02. The topological polar surface area (TPSA) is 95.6 Å². The maximum Gasteiger partial charge on any atom is 0.323 e. The van der Waals surface area contributed by atoms with Crippen LogP contribution >= 0.6 is 23.2 Å². The highest BCUT2D eigenvalue weighted by Crippen LogP contribution is 2.35. The molecule has 0 aliphatic heterocycles. The van der Waals surface area contributed by atoms with Crippen molar-refractivity contribution in [3.05, 3.63) is 52.0 Å². The molecule has 0 aliphatic carbocycles. The van der Waals surface area contributed by atoms with E-state index in [1.807, 2.05) is 0 Å². The van der Waals surface area contributed by atoms with E-state index in [1.54, 1.807) is 0 Å². The average molecular weight is 385 g/mol. The molecular weight excluding hydrogens is 377 g/mol. The molecule has 0 saturated heterocycles. The molecular formula is C14H8Cl2F2N6O. The summed E-state index contributed by atoms with van der Waals surface area (Å²) in [7, 11) is 0. The molecule has 25 heavy (non-hydrogen) atoms. The summed E-state index contributed by atoms with van der Waals surface area (Å²) in [6.07, 6.45) is 0. The van der Waals surface area contributed by atoms with Crippen molar-refractivity contribution in [1.29, 1.82) is 0 Å². The van der Waals surface area contributed by atoms with Gasteiger partial charge in [0.2, 0.25) is 0 Å². The number of hydrogen-bond acceptors (Lipinski definition) is 4. The molecule has 0 spiro atoms. The summed E-state index contributed by atoms with van der Waals surface area (Å²) in [6.45, 7) is 0. The number of rotatable bonds is 3. The fourth-order valence-corrected chi connectivity index (χ4v) is 2.60. The summed E-state index contributed by atoms with van der Waals surface area (Å²) < 4.78 is 26.4. The molecule has 3 rings (SSSR count). The third-order valence-corrected chi connectivity index (χ3v) is 3.53. The van der Waals surface area contributed by atoms with E-state index in [0.29, 0.717) is 16.7 Å². The molecule has 1 heterocycles. The van der Waals surface area contributed by atoms with E-state index < -0.39 is 17.7 Å². The molecule has 0 saturated carbocycles. The van der Waals surface area contributed by atoms with E-state index in [1.165, 1.54) is 12.1 Å². The fraction of sp³-hybridized carbons (Fsp3) is 0. The summed E-state index contributed by atoms with van der Waals surface area (Å²) >= 11 is 12.1. The van der Waals surface area contributed by atoms with Gasteiger partial charge in [0.1, 0.15) is 11.6 Å². The van der Waals surface area contributed by atoms with Crippen molar-refractivity contribution >= 4 is 40.6 Å². The number of urea groups is 1. The fourth-order valence-electron chi connectivity index (χ4n) is 2.06. The van der Waals surface area contributed by atoms with Gasteiger partial charge < -0.3 is 10.6 Å². The Hall–Kier alpha value is -2.78. The lowest BCUT2D eigenvalue weighted by Crippen LogP contribution is -2.20. The van der Waals surface area contributed by atoms with Crippen molar-refractivity contribution < 1.29 is 13.6 Å². The van der Waals surface area contributed by atoms with E-state index in [9.17, 15) is 13.6 Å². The minimum Gasteiger partial charge on any atom is -0.308 e. The van der Waals surface area contributed by atoms with Crippen LogP contribution in [0.5, 0.6) is 0 Å². The summed E-state index contributed by atoms with van der Waals surface area (Å²) in [5.41, 5.74) is 0.435. The number of halogens is 4. The van der Waals surface area contributed by atoms with Crippen LogP contribution in [0.4, 0.5) is 25.0 Å². The molecule has 0 unspecified atom stereocenters. The van der Waals surface area contributed by atoms with Crippen LogP contribution < -0.4 is 10.6 Å². The molecule has 128 valence electrons. The predicted octanol–water partition coefficient (Wildman–Crippen LogP) is 4.10. The highest BCUT2D eigenvalue weighted by molar-refractivity contribution is 6.37. The lowest BCUT2D eigenvalue weighted by atomic mass is 10.1. The smallest absolute Gasteiger partial charge is 0.308 e. The standard InChI is InChI=1S/C14H8Cl2F2N6O/c15-6-1-10(13-21-23-24-22-13)12(11(16)2-6)20-14(25)19-9-4-7(17)3-8(18)5-9/h1-5H,(H2,19,20,25)(H,21,22,23,24). The second-order valence-corrected chi connectivity index (χ2v) is 5.64. The molecule has 2 aromatic carbocycles. The maximum atomic E-state index is 13.2. The normalized spacial score (nSPS) is 10.6. The first-order chi connectivity index (χ1) is 11.9. The Labute approximate surface area is 149 Å². The molecule has 0 radical (unpaired) electrons.